The van der Waals surface area contributed by atoms with Gasteiger partial charge in [-0.15, -0.1) is 0 Å². The van der Waals surface area contributed by atoms with Crippen LogP contribution in [0.1, 0.15) is 37.8 Å². The van der Waals surface area contributed by atoms with E-state index < -0.39 is 5.41 Å². The Labute approximate surface area is 149 Å². The van der Waals surface area contributed by atoms with Gasteiger partial charge in [0.05, 0.1) is 5.41 Å². The molecule has 1 saturated heterocycles. The molecule has 5 nitrogen and oxygen atoms in total. The van der Waals surface area contributed by atoms with Gasteiger partial charge in [0.15, 0.2) is 0 Å². The molecule has 1 fully saturated rings. The molecule has 1 atom stereocenters. The fourth-order valence-electron chi connectivity index (χ4n) is 3.20. The summed E-state index contributed by atoms with van der Waals surface area (Å²) in [5.74, 6) is 0.802. The fraction of sp³-hybridized carbons (Fsp3) is 0.450. The molecule has 0 aliphatic carbocycles. The minimum absolute atomic E-state index is 0.0668. The molecular weight excluding hydrogens is 312 g/mol. The van der Waals surface area contributed by atoms with Crippen molar-refractivity contribution in [3.05, 3.63) is 53.9 Å². The van der Waals surface area contributed by atoms with E-state index in [1.807, 2.05) is 32.0 Å². The molecule has 0 spiro atoms. The Kier molecular flexibility index (Phi) is 5.02. The molecule has 0 unspecified atom stereocenters. The van der Waals surface area contributed by atoms with Crippen LogP contribution in [0.15, 0.2) is 42.7 Å². The average Bonchev–Trinajstić information content (AvgIpc) is 2.63. The number of hydrogen-bond acceptors (Lipinski definition) is 4. The van der Waals surface area contributed by atoms with Crippen molar-refractivity contribution in [3.63, 3.8) is 0 Å². The Morgan fingerprint density at radius 3 is 2.56 bits per heavy atom. The summed E-state index contributed by atoms with van der Waals surface area (Å²) in [6.07, 6.45) is 5.52. The number of nitrogens with one attached hydrogen (secondary N) is 1. The van der Waals surface area contributed by atoms with Crippen LogP contribution in [0.5, 0.6) is 0 Å². The second-order valence-electron chi connectivity index (χ2n) is 7.30. The fourth-order valence-corrected chi connectivity index (χ4v) is 3.20. The van der Waals surface area contributed by atoms with Gasteiger partial charge in [0.1, 0.15) is 0 Å². The van der Waals surface area contributed by atoms with Crippen LogP contribution in [0, 0.1) is 6.92 Å². The number of nitrogens with zero attached hydrogens (tertiary/aromatic N) is 3. The SMILES string of the molecule is Cc1ccc(C(C)(C)C(=O)N[C@H]2CCCN(c3ncccn3)C2)cc1. The van der Waals surface area contributed by atoms with Gasteiger partial charge in [0.2, 0.25) is 11.9 Å². The van der Waals surface area contributed by atoms with Gasteiger partial charge in [-0.05, 0) is 45.2 Å². The number of aryl methyl sites for hydroxylation is 1. The summed E-state index contributed by atoms with van der Waals surface area (Å²) in [6, 6.07) is 10.1. The molecule has 132 valence electrons. The number of aromatic nitrogens is 2. The first kappa shape index (κ1) is 17.4. The molecule has 5 heteroatoms. The molecule has 1 aliphatic rings. The van der Waals surface area contributed by atoms with Gasteiger partial charge < -0.3 is 10.2 Å². The van der Waals surface area contributed by atoms with Crippen LogP contribution in [0.2, 0.25) is 0 Å². The van der Waals surface area contributed by atoms with Crippen molar-refractivity contribution in [2.75, 3.05) is 18.0 Å². The van der Waals surface area contributed by atoms with Crippen LogP contribution in [0.25, 0.3) is 0 Å². The Morgan fingerprint density at radius 2 is 1.88 bits per heavy atom. The second-order valence-corrected chi connectivity index (χ2v) is 7.30. The molecular formula is C20H26N4O. The number of rotatable bonds is 4. The van der Waals surface area contributed by atoms with Gasteiger partial charge in [0, 0.05) is 31.5 Å². The lowest BCUT2D eigenvalue weighted by Crippen LogP contribution is -2.52. The largest absolute Gasteiger partial charge is 0.351 e. The van der Waals surface area contributed by atoms with E-state index in [0.29, 0.717) is 0 Å². The lowest BCUT2D eigenvalue weighted by Gasteiger charge is -2.35. The van der Waals surface area contributed by atoms with Crippen LogP contribution in [0.4, 0.5) is 5.95 Å². The summed E-state index contributed by atoms with van der Waals surface area (Å²) < 4.78 is 0. The van der Waals surface area contributed by atoms with Crippen molar-refractivity contribution in [1.82, 2.24) is 15.3 Å². The van der Waals surface area contributed by atoms with Crippen molar-refractivity contribution in [1.29, 1.82) is 0 Å². The van der Waals surface area contributed by atoms with Crippen LogP contribution < -0.4 is 10.2 Å². The molecule has 1 aromatic heterocycles. The van der Waals surface area contributed by atoms with Crippen LogP contribution in [0.3, 0.4) is 0 Å². The standard InChI is InChI=1S/C20H26N4O/c1-15-7-9-16(10-8-15)20(2,3)18(25)23-17-6-4-13-24(14-17)19-21-11-5-12-22-19/h5,7-12,17H,4,6,13-14H2,1-3H3,(H,23,25)/t17-/m0/s1. The summed E-state index contributed by atoms with van der Waals surface area (Å²) in [5.41, 5.74) is 1.68. The molecule has 0 saturated carbocycles. The summed E-state index contributed by atoms with van der Waals surface area (Å²) in [4.78, 5) is 23.7. The highest BCUT2D eigenvalue weighted by Crippen LogP contribution is 2.25. The van der Waals surface area contributed by atoms with Gasteiger partial charge in [0.25, 0.3) is 0 Å². The van der Waals surface area contributed by atoms with E-state index in [4.69, 9.17) is 0 Å². The summed E-state index contributed by atoms with van der Waals surface area (Å²) in [5, 5.41) is 3.24. The Balaban J connectivity index is 1.66. The van der Waals surface area contributed by atoms with Crippen molar-refractivity contribution in [2.24, 2.45) is 0 Å². The molecule has 1 amide bonds. The minimum Gasteiger partial charge on any atom is -0.351 e. The van der Waals surface area contributed by atoms with Gasteiger partial charge in [-0.3, -0.25) is 4.79 Å². The number of carbonyl (C=O) groups is 1. The average molecular weight is 338 g/mol. The number of piperidine rings is 1. The minimum atomic E-state index is -0.556. The maximum Gasteiger partial charge on any atom is 0.230 e. The smallest absolute Gasteiger partial charge is 0.230 e. The summed E-state index contributed by atoms with van der Waals surface area (Å²) >= 11 is 0. The number of carbonyl (C=O) groups excluding carboxylic acids is 1. The summed E-state index contributed by atoms with van der Waals surface area (Å²) in [7, 11) is 0. The van der Waals surface area contributed by atoms with E-state index in [1.165, 1.54) is 5.56 Å². The molecule has 3 rings (SSSR count). The van der Waals surface area contributed by atoms with Gasteiger partial charge in [-0.25, -0.2) is 9.97 Å². The quantitative estimate of drug-likeness (QED) is 0.931. The van der Waals surface area contributed by atoms with E-state index in [-0.39, 0.29) is 11.9 Å². The molecule has 25 heavy (non-hydrogen) atoms. The Bertz CT molecular complexity index is 712. The third kappa shape index (κ3) is 3.98. The highest BCUT2D eigenvalue weighted by Gasteiger charge is 2.32. The predicted molar refractivity (Wildman–Crippen MR) is 99.6 cm³/mol. The monoisotopic (exact) mass is 338 g/mol. The highest BCUT2D eigenvalue weighted by molar-refractivity contribution is 5.87. The molecule has 2 heterocycles. The van der Waals surface area contributed by atoms with Crippen molar-refractivity contribution in [3.8, 4) is 0 Å². The number of amides is 1. The van der Waals surface area contributed by atoms with Crippen molar-refractivity contribution < 1.29 is 4.79 Å². The lowest BCUT2D eigenvalue weighted by molar-refractivity contribution is -0.126. The third-order valence-electron chi connectivity index (χ3n) is 4.93. The lowest BCUT2D eigenvalue weighted by atomic mass is 9.83. The van der Waals surface area contributed by atoms with Gasteiger partial charge in [-0.2, -0.15) is 0 Å². The highest BCUT2D eigenvalue weighted by atomic mass is 16.2. The zero-order chi connectivity index (χ0) is 17.9. The predicted octanol–water partition coefficient (Wildman–Crippen LogP) is 2.85. The number of benzene rings is 1. The van der Waals surface area contributed by atoms with Gasteiger partial charge >= 0.3 is 0 Å². The van der Waals surface area contributed by atoms with Crippen LogP contribution in [-0.2, 0) is 10.2 Å². The van der Waals surface area contributed by atoms with E-state index in [1.54, 1.807) is 12.4 Å². The van der Waals surface area contributed by atoms with E-state index in [2.05, 4.69) is 39.2 Å². The number of anilines is 1. The topological polar surface area (TPSA) is 58.1 Å². The maximum atomic E-state index is 12.9. The first-order chi connectivity index (χ1) is 12.0. The Hall–Kier alpha value is -2.43. The first-order valence-electron chi connectivity index (χ1n) is 8.87. The molecule has 1 aromatic carbocycles. The van der Waals surface area contributed by atoms with Crippen LogP contribution in [-0.4, -0.2) is 35.0 Å². The normalized spacial score (nSPS) is 18.0. The maximum absolute atomic E-state index is 12.9. The molecule has 1 N–H and O–H groups in total. The molecule has 2 aromatic rings. The van der Waals surface area contributed by atoms with E-state index in [0.717, 1.165) is 37.4 Å². The second kappa shape index (κ2) is 7.21. The van der Waals surface area contributed by atoms with Crippen molar-refractivity contribution >= 4 is 11.9 Å². The summed E-state index contributed by atoms with van der Waals surface area (Å²) in [6.45, 7) is 7.69. The zero-order valence-electron chi connectivity index (χ0n) is 15.2. The first-order valence-corrected chi connectivity index (χ1v) is 8.87. The van der Waals surface area contributed by atoms with Crippen LogP contribution >= 0.6 is 0 Å². The van der Waals surface area contributed by atoms with E-state index in [9.17, 15) is 4.79 Å². The van der Waals surface area contributed by atoms with E-state index >= 15 is 0 Å². The molecule has 1 aliphatic heterocycles. The van der Waals surface area contributed by atoms with Gasteiger partial charge in [-0.1, -0.05) is 29.8 Å². The third-order valence-corrected chi connectivity index (χ3v) is 4.93. The zero-order valence-corrected chi connectivity index (χ0v) is 15.2. The molecule has 0 bridgehead atoms. The Morgan fingerprint density at radius 1 is 1.20 bits per heavy atom. The molecule has 0 radical (unpaired) electrons. The number of hydrogen-bond donors (Lipinski definition) is 1. The van der Waals surface area contributed by atoms with Crippen molar-refractivity contribution in [2.45, 2.75) is 45.1 Å².